The Bertz CT molecular complexity index is 3960. The van der Waals surface area contributed by atoms with E-state index < -0.39 is 30.1 Å². The van der Waals surface area contributed by atoms with Gasteiger partial charge in [-0.3, -0.25) is 14.4 Å². The van der Waals surface area contributed by atoms with Gasteiger partial charge in [-0.1, -0.05) is 95.4 Å². The number of carbonyl (C=O) groups excluding carboxylic acids is 3. The minimum absolute atomic E-state index is 0. The first kappa shape index (κ1) is 104. The van der Waals surface area contributed by atoms with Gasteiger partial charge in [0.1, 0.15) is 37.1 Å². The number of methoxy groups -OCH3 is 3. The van der Waals surface area contributed by atoms with E-state index in [-0.39, 0.29) is 140 Å². The van der Waals surface area contributed by atoms with Crippen molar-refractivity contribution >= 4 is 70.4 Å². The maximum Gasteiger partial charge on any atom is 0.248 e. The summed E-state index contributed by atoms with van der Waals surface area (Å²) in [6.07, 6.45) is 3.00. The number of hydrogen-bond acceptors (Lipinski definition) is 16. The van der Waals surface area contributed by atoms with E-state index in [1.165, 1.54) is 50.7 Å². The minimum atomic E-state index is -3.70. The average Bonchev–Trinajstić information content (AvgIpc) is 0.796. The fourth-order valence-electron chi connectivity index (χ4n) is 11.3. The van der Waals surface area contributed by atoms with Crippen molar-refractivity contribution < 1.29 is 125 Å². The van der Waals surface area contributed by atoms with Crippen molar-refractivity contribution in [2.75, 3.05) is 204 Å². The molecule has 0 aliphatic rings. The van der Waals surface area contributed by atoms with E-state index in [4.69, 9.17) is 28.4 Å². The van der Waals surface area contributed by atoms with Crippen LogP contribution in [0, 0.1) is 41.5 Å². The van der Waals surface area contributed by atoms with Crippen LogP contribution in [0.3, 0.4) is 0 Å². The molecule has 0 aliphatic heterocycles. The number of likely N-dealkylation sites (N-methyl/N-ethyl adjacent to an activating group) is 9. The summed E-state index contributed by atoms with van der Waals surface area (Å²) in [5.41, 5.74) is 10.7. The molecule has 0 spiro atoms. The topological polar surface area (TPSA) is 232 Å². The summed E-state index contributed by atoms with van der Waals surface area (Å²) in [7, 11) is 20.5. The van der Waals surface area contributed by atoms with E-state index in [0.717, 1.165) is 64.6 Å². The van der Waals surface area contributed by atoms with Gasteiger partial charge in [0.15, 0.2) is 0 Å². The molecule has 6 aromatic rings. The van der Waals surface area contributed by atoms with Crippen molar-refractivity contribution in [3.63, 3.8) is 0 Å². The summed E-state index contributed by atoms with van der Waals surface area (Å²) in [6.45, 7) is 15.5. The molecule has 30 heteroatoms. The summed E-state index contributed by atoms with van der Waals surface area (Å²) >= 11 is 2.15. The van der Waals surface area contributed by atoms with Crippen LogP contribution in [-0.2, 0) is 97.6 Å². The normalized spacial score (nSPS) is 11.6. The number of ether oxygens (including phenoxy) is 6. The average molecular weight is 1940 g/mol. The van der Waals surface area contributed by atoms with Crippen LogP contribution in [0.4, 0.5) is 0 Å². The lowest BCUT2D eigenvalue weighted by molar-refractivity contribution is -0.870. The number of amides is 3. The first-order valence-corrected chi connectivity index (χ1v) is 42.6. The molecule has 0 bridgehead atoms. The fraction of sp³-hybridized carbons (Fsp3) is 0.519. The van der Waals surface area contributed by atoms with Crippen LogP contribution >= 0.6 is 22.6 Å². The summed E-state index contributed by atoms with van der Waals surface area (Å²) in [5.74, 6) is 1.39. The second-order valence-corrected chi connectivity index (χ2v) is 35.6. The number of carbonyl (C=O) groups is 3. The number of hydrogen-bond donors (Lipinski definition) is 0. The molecule has 6 aromatic carbocycles. The van der Waals surface area contributed by atoms with Gasteiger partial charge >= 0.3 is 0 Å². The third-order valence-corrected chi connectivity index (χ3v) is 24.4. The second-order valence-electron chi connectivity index (χ2n) is 29.7. The molecule has 0 fully saturated rings. The van der Waals surface area contributed by atoms with E-state index >= 15 is 0 Å². The number of rotatable bonds is 39. The van der Waals surface area contributed by atoms with Crippen LogP contribution in [0.2, 0.25) is 0 Å². The highest BCUT2D eigenvalue weighted by Gasteiger charge is 2.29. The van der Waals surface area contributed by atoms with Crippen molar-refractivity contribution in [2.45, 2.75) is 95.1 Å². The molecular weight excluding hydrogens is 1820 g/mol. The van der Waals surface area contributed by atoms with E-state index in [1.807, 2.05) is 17.1 Å². The van der Waals surface area contributed by atoms with Crippen LogP contribution < -0.4 is 62.2 Å². The van der Waals surface area contributed by atoms with Gasteiger partial charge in [0.2, 0.25) is 47.8 Å². The SMILES string of the molecule is CI.COc1cc(C)c(S(=O)(=O)N(C)CCOCC(=O)N(C)Cc2ccc(CCN(C)C)cc2)c(C)c1.COc1cc(C)c(S(=O)(=O)N(C)CCOCC(=O)N(C)Cc2ccc(CC[N+](C)(C)C)cc2)c(C)c1.COc1cc(C)c(S(=O)(=O)N(C)CCOCC(=O)N(C)Cc2ccc(CC[N+](C)(C)C)cc2)c(C)c1.[I-].[I-]. The Morgan fingerprint density at radius 2 is 0.559 bits per heavy atom. The van der Waals surface area contributed by atoms with Crippen molar-refractivity contribution in [3.05, 3.63) is 176 Å². The van der Waals surface area contributed by atoms with Crippen LogP contribution in [0.5, 0.6) is 17.2 Å². The highest BCUT2D eigenvalue weighted by Crippen LogP contribution is 2.31. The highest BCUT2D eigenvalue weighted by molar-refractivity contribution is 14.1. The van der Waals surface area contributed by atoms with Gasteiger partial charge in [0.05, 0.1) is 111 Å². The van der Waals surface area contributed by atoms with Gasteiger partial charge in [-0.25, -0.2) is 25.3 Å². The predicted octanol–water partition coefficient (Wildman–Crippen LogP) is 3.48. The molecular formula is C81H126I3N9O15S3. The van der Waals surface area contributed by atoms with Crippen LogP contribution in [0.25, 0.3) is 0 Å². The standard InChI is InChI=1S/2C27H42N3O5S.C26H39N3O5S.CH3I.2HI/c2*1-21-17-25(34-8)18-22(2)27(21)36(32,33)29(4)14-16-35-20-26(31)28(3)19-24-11-9-23(10-12-24)13-15-30(5,6)7;1-20-16-24(33-7)17-21(2)26(20)35(31,32)29(6)14-15-34-19-25(30)28(5)18-23-10-8-22(9-11-23)12-13-27(3)4;1-2;;/h2*9-12,17-18H,13-16,19-20H2,1-8H3;8-11,16-17H,12-15,18-19H2,1-7H3;1H3;2*1H/q2*+1;;;;/p-2. The predicted molar refractivity (Wildman–Crippen MR) is 443 cm³/mol. The Hall–Kier alpha value is -5.19. The Balaban J connectivity index is 0.000000816. The van der Waals surface area contributed by atoms with Gasteiger partial charge in [-0.05, 0) is 170 Å². The molecule has 0 heterocycles. The number of benzene rings is 6. The summed E-state index contributed by atoms with van der Waals surface area (Å²) in [5, 5.41) is 0. The highest BCUT2D eigenvalue weighted by atomic mass is 127. The third-order valence-electron chi connectivity index (χ3n) is 17.9. The molecule has 0 N–H and O–H groups in total. The number of aryl methyl sites for hydroxylation is 6. The Kier molecular flexibility index (Phi) is 46.4. The molecule has 0 aromatic heterocycles. The molecule has 0 saturated heterocycles. The van der Waals surface area contributed by atoms with Gasteiger partial charge in [0, 0.05) is 101 Å². The lowest BCUT2D eigenvalue weighted by Crippen LogP contribution is -3.00. The molecule has 624 valence electrons. The number of halogens is 3. The van der Waals surface area contributed by atoms with Gasteiger partial charge in [-0.2, -0.15) is 12.9 Å². The van der Waals surface area contributed by atoms with Crippen molar-refractivity contribution in [1.29, 1.82) is 0 Å². The maximum atomic E-state index is 13.1. The lowest BCUT2D eigenvalue weighted by atomic mass is 10.1. The minimum Gasteiger partial charge on any atom is -1.00 e. The second kappa shape index (κ2) is 49.7. The first-order chi connectivity index (χ1) is 50.9. The lowest BCUT2D eigenvalue weighted by Gasteiger charge is -2.23. The van der Waals surface area contributed by atoms with Crippen molar-refractivity contribution in [2.24, 2.45) is 0 Å². The molecule has 6 rings (SSSR count). The molecule has 0 atom stereocenters. The summed E-state index contributed by atoms with van der Waals surface area (Å²) in [4.78, 5) is 47.2. The van der Waals surface area contributed by atoms with E-state index in [0.29, 0.717) is 70.3 Å². The Morgan fingerprint density at radius 1 is 0.351 bits per heavy atom. The molecule has 111 heavy (non-hydrogen) atoms. The zero-order valence-electron chi connectivity index (χ0n) is 70.1. The monoisotopic (exact) mass is 1940 g/mol. The largest absolute Gasteiger partial charge is 1.00 e. The number of quaternary nitrogens is 2. The Labute approximate surface area is 713 Å². The van der Waals surface area contributed by atoms with Crippen molar-refractivity contribution in [3.8, 4) is 17.2 Å². The summed E-state index contributed by atoms with van der Waals surface area (Å²) in [6, 6.07) is 35.2. The molecule has 0 saturated carbocycles. The quantitative estimate of drug-likeness (QED) is 0.0233. The number of alkyl halides is 1. The van der Waals surface area contributed by atoms with Gasteiger partial charge in [-0.15, -0.1) is 0 Å². The smallest absolute Gasteiger partial charge is 0.248 e. The Morgan fingerprint density at radius 3 is 0.757 bits per heavy atom. The molecule has 0 unspecified atom stereocenters. The van der Waals surface area contributed by atoms with Crippen LogP contribution in [0.1, 0.15) is 66.8 Å². The molecule has 24 nitrogen and oxygen atoms in total. The van der Waals surface area contributed by atoms with Crippen LogP contribution in [-0.4, -0.2) is 288 Å². The van der Waals surface area contributed by atoms with Crippen molar-refractivity contribution in [1.82, 2.24) is 32.5 Å². The van der Waals surface area contributed by atoms with E-state index in [2.05, 4.69) is 145 Å². The molecule has 0 aliphatic carbocycles. The van der Waals surface area contributed by atoms with E-state index in [9.17, 15) is 39.6 Å². The number of sulfonamides is 3. The summed E-state index contributed by atoms with van der Waals surface area (Å²) < 4.78 is 116. The first-order valence-electron chi connectivity index (χ1n) is 36.1. The zero-order valence-corrected chi connectivity index (χ0v) is 79.0. The third kappa shape index (κ3) is 35.4. The number of nitrogens with zero attached hydrogens (tertiary/aromatic N) is 9. The fourth-order valence-corrected chi connectivity index (χ4v) is 16.0. The van der Waals surface area contributed by atoms with E-state index in [1.54, 1.807) is 135 Å². The molecule has 3 amide bonds. The zero-order chi connectivity index (χ0) is 82.4. The van der Waals surface area contributed by atoms with Gasteiger partial charge < -0.3 is 105 Å². The van der Waals surface area contributed by atoms with Gasteiger partial charge in [0.25, 0.3) is 0 Å². The van der Waals surface area contributed by atoms with Crippen LogP contribution in [0.15, 0.2) is 124 Å². The molecule has 0 radical (unpaired) electrons. The maximum absolute atomic E-state index is 13.1.